The Kier molecular flexibility index (Phi) is 3.93. The minimum atomic E-state index is 0.0196. The summed E-state index contributed by atoms with van der Waals surface area (Å²) in [6.07, 6.45) is 0. The highest BCUT2D eigenvalue weighted by Crippen LogP contribution is 2.29. The molecule has 0 aromatic heterocycles. The SMILES string of the molecule is COc1c(C(=O)c2cc(C)ccc2C)ccc(C)c1C. The van der Waals surface area contributed by atoms with E-state index in [1.165, 1.54) is 0 Å². The van der Waals surface area contributed by atoms with Gasteiger partial charge >= 0.3 is 0 Å². The van der Waals surface area contributed by atoms with Crippen molar-refractivity contribution < 1.29 is 9.53 Å². The van der Waals surface area contributed by atoms with Gasteiger partial charge in [-0.25, -0.2) is 0 Å². The minimum absolute atomic E-state index is 0.0196. The smallest absolute Gasteiger partial charge is 0.197 e. The molecule has 20 heavy (non-hydrogen) atoms. The number of ether oxygens (including phenoxy) is 1. The van der Waals surface area contributed by atoms with Crippen molar-refractivity contribution in [3.63, 3.8) is 0 Å². The molecule has 0 saturated heterocycles. The molecule has 0 radical (unpaired) electrons. The zero-order valence-corrected chi connectivity index (χ0v) is 12.7. The summed E-state index contributed by atoms with van der Waals surface area (Å²) < 4.78 is 5.45. The van der Waals surface area contributed by atoms with E-state index in [-0.39, 0.29) is 5.78 Å². The number of rotatable bonds is 3. The number of ketones is 1. The van der Waals surface area contributed by atoms with Crippen molar-refractivity contribution >= 4 is 5.78 Å². The molecule has 2 aromatic carbocycles. The van der Waals surface area contributed by atoms with Crippen LogP contribution in [0.2, 0.25) is 0 Å². The molecule has 0 aliphatic carbocycles. The predicted octanol–water partition coefficient (Wildman–Crippen LogP) is 4.16. The molecule has 0 N–H and O–H groups in total. The molecule has 104 valence electrons. The van der Waals surface area contributed by atoms with Crippen LogP contribution in [-0.2, 0) is 0 Å². The molecule has 0 bridgehead atoms. The molecular formula is C18H20O2. The maximum atomic E-state index is 12.8. The van der Waals surface area contributed by atoms with E-state index in [1.807, 2.05) is 58.0 Å². The quantitative estimate of drug-likeness (QED) is 0.781. The molecule has 2 heteroatoms. The number of carbonyl (C=O) groups excluding carboxylic acids is 1. The lowest BCUT2D eigenvalue weighted by Gasteiger charge is -2.14. The molecule has 0 unspecified atom stereocenters. The van der Waals surface area contributed by atoms with Crippen LogP contribution in [0.3, 0.4) is 0 Å². The molecular weight excluding hydrogens is 248 g/mol. The number of carbonyl (C=O) groups is 1. The van der Waals surface area contributed by atoms with Crippen LogP contribution in [0.4, 0.5) is 0 Å². The fourth-order valence-electron chi connectivity index (χ4n) is 2.36. The second-order valence-electron chi connectivity index (χ2n) is 5.24. The first-order chi connectivity index (χ1) is 9.45. The number of hydrogen-bond acceptors (Lipinski definition) is 2. The molecule has 0 amide bonds. The van der Waals surface area contributed by atoms with E-state index in [0.717, 1.165) is 27.8 Å². The third-order valence-electron chi connectivity index (χ3n) is 3.76. The Hall–Kier alpha value is -2.09. The van der Waals surface area contributed by atoms with Gasteiger partial charge in [0.05, 0.1) is 12.7 Å². The molecule has 0 saturated carbocycles. The van der Waals surface area contributed by atoms with Gasteiger partial charge in [-0.1, -0.05) is 23.8 Å². The normalized spacial score (nSPS) is 10.4. The minimum Gasteiger partial charge on any atom is -0.496 e. The highest BCUT2D eigenvalue weighted by molar-refractivity contribution is 6.12. The third-order valence-corrected chi connectivity index (χ3v) is 3.76. The zero-order valence-electron chi connectivity index (χ0n) is 12.7. The van der Waals surface area contributed by atoms with E-state index in [2.05, 4.69) is 0 Å². The summed E-state index contributed by atoms with van der Waals surface area (Å²) in [7, 11) is 1.61. The highest BCUT2D eigenvalue weighted by Gasteiger charge is 2.18. The van der Waals surface area contributed by atoms with Gasteiger partial charge in [-0.05, 0) is 56.5 Å². The predicted molar refractivity (Wildman–Crippen MR) is 81.8 cm³/mol. The molecule has 0 aliphatic rings. The third kappa shape index (κ3) is 2.46. The highest BCUT2D eigenvalue weighted by atomic mass is 16.5. The summed E-state index contributed by atoms with van der Waals surface area (Å²) in [5.74, 6) is 0.696. The second kappa shape index (κ2) is 5.49. The first-order valence-corrected chi connectivity index (χ1v) is 6.72. The van der Waals surface area contributed by atoms with Crippen LogP contribution in [0.15, 0.2) is 30.3 Å². The van der Waals surface area contributed by atoms with Gasteiger partial charge in [0, 0.05) is 5.56 Å². The van der Waals surface area contributed by atoms with E-state index in [1.54, 1.807) is 7.11 Å². The average molecular weight is 268 g/mol. The summed E-state index contributed by atoms with van der Waals surface area (Å²) in [6, 6.07) is 9.76. The number of benzene rings is 2. The van der Waals surface area contributed by atoms with E-state index in [0.29, 0.717) is 11.3 Å². The van der Waals surface area contributed by atoms with Gasteiger partial charge in [0.1, 0.15) is 5.75 Å². The molecule has 0 fully saturated rings. The van der Waals surface area contributed by atoms with Crippen molar-refractivity contribution in [2.75, 3.05) is 7.11 Å². The van der Waals surface area contributed by atoms with Gasteiger partial charge in [-0.2, -0.15) is 0 Å². The van der Waals surface area contributed by atoms with Crippen molar-refractivity contribution in [2.24, 2.45) is 0 Å². The summed E-state index contributed by atoms with van der Waals surface area (Å²) in [6.45, 7) is 7.95. The standard InChI is InChI=1S/C18H20O2/c1-11-6-7-13(3)16(10-11)17(19)15-9-8-12(2)14(4)18(15)20-5/h6-10H,1-5H3. The van der Waals surface area contributed by atoms with E-state index in [9.17, 15) is 4.79 Å². The lowest BCUT2D eigenvalue weighted by Crippen LogP contribution is -2.08. The molecule has 0 atom stereocenters. The fraction of sp³-hybridized carbons (Fsp3) is 0.278. The van der Waals surface area contributed by atoms with Crippen molar-refractivity contribution in [1.82, 2.24) is 0 Å². The first kappa shape index (κ1) is 14.3. The van der Waals surface area contributed by atoms with Crippen LogP contribution < -0.4 is 4.74 Å². The Morgan fingerprint density at radius 3 is 2.20 bits per heavy atom. The lowest BCUT2D eigenvalue weighted by molar-refractivity contribution is 0.103. The molecule has 0 aliphatic heterocycles. The first-order valence-electron chi connectivity index (χ1n) is 6.72. The second-order valence-corrected chi connectivity index (χ2v) is 5.24. The zero-order chi connectivity index (χ0) is 14.9. The fourth-order valence-corrected chi connectivity index (χ4v) is 2.36. The van der Waals surface area contributed by atoms with Crippen molar-refractivity contribution in [1.29, 1.82) is 0 Å². The number of aryl methyl sites for hydroxylation is 3. The van der Waals surface area contributed by atoms with Crippen LogP contribution in [0, 0.1) is 27.7 Å². The molecule has 0 spiro atoms. The van der Waals surface area contributed by atoms with Crippen LogP contribution in [-0.4, -0.2) is 12.9 Å². The molecule has 2 nitrogen and oxygen atoms in total. The number of hydrogen-bond donors (Lipinski definition) is 0. The van der Waals surface area contributed by atoms with Crippen molar-refractivity contribution in [2.45, 2.75) is 27.7 Å². The van der Waals surface area contributed by atoms with Gasteiger partial charge in [0.15, 0.2) is 5.78 Å². The van der Waals surface area contributed by atoms with Gasteiger partial charge in [0.25, 0.3) is 0 Å². The lowest BCUT2D eigenvalue weighted by atomic mass is 9.94. The monoisotopic (exact) mass is 268 g/mol. The van der Waals surface area contributed by atoms with Gasteiger partial charge in [-0.15, -0.1) is 0 Å². The Morgan fingerprint density at radius 2 is 1.55 bits per heavy atom. The van der Waals surface area contributed by atoms with Gasteiger partial charge < -0.3 is 4.74 Å². The molecule has 2 aromatic rings. The summed E-state index contributed by atoms with van der Waals surface area (Å²) in [5, 5.41) is 0. The Balaban J connectivity index is 2.59. The Labute approximate surface area is 120 Å². The van der Waals surface area contributed by atoms with Crippen molar-refractivity contribution in [3.05, 3.63) is 63.7 Å². The maximum Gasteiger partial charge on any atom is 0.197 e. The van der Waals surface area contributed by atoms with E-state index < -0.39 is 0 Å². The number of methoxy groups -OCH3 is 1. The van der Waals surface area contributed by atoms with Crippen LogP contribution >= 0.6 is 0 Å². The molecule has 2 rings (SSSR count). The Morgan fingerprint density at radius 1 is 0.900 bits per heavy atom. The van der Waals surface area contributed by atoms with E-state index >= 15 is 0 Å². The average Bonchev–Trinajstić information content (AvgIpc) is 2.43. The summed E-state index contributed by atoms with van der Waals surface area (Å²) >= 11 is 0. The van der Waals surface area contributed by atoms with E-state index in [4.69, 9.17) is 4.74 Å². The maximum absolute atomic E-state index is 12.8. The summed E-state index contributed by atoms with van der Waals surface area (Å²) in [5.41, 5.74) is 5.58. The largest absolute Gasteiger partial charge is 0.496 e. The topological polar surface area (TPSA) is 26.3 Å². The van der Waals surface area contributed by atoms with Crippen LogP contribution in [0.25, 0.3) is 0 Å². The van der Waals surface area contributed by atoms with Gasteiger partial charge in [0.2, 0.25) is 0 Å². The van der Waals surface area contributed by atoms with Crippen LogP contribution in [0.5, 0.6) is 5.75 Å². The summed E-state index contributed by atoms with van der Waals surface area (Å²) in [4.78, 5) is 12.8. The van der Waals surface area contributed by atoms with Crippen molar-refractivity contribution in [3.8, 4) is 5.75 Å². The van der Waals surface area contributed by atoms with Crippen LogP contribution in [0.1, 0.15) is 38.2 Å². The molecule has 0 heterocycles. The Bertz CT molecular complexity index is 669. The van der Waals surface area contributed by atoms with Gasteiger partial charge in [-0.3, -0.25) is 4.79 Å².